The van der Waals surface area contributed by atoms with E-state index in [0.29, 0.717) is 16.9 Å². The minimum absolute atomic E-state index is 0.101. The molecule has 7 nitrogen and oxygen atoms in total. The van der Waals surface area contributed by atoms with Gasteiger partial charge >= 0.3 is 5.97 Å². The zero-order chi connectivity index (χ0) is 16.6. The van der Waals surface area contributed by atoms with Crippen LogP contribution in [0.2, 0.25) is 0 Å². The van der Waals surface area contributed by atoms with Crippen molar-refractivity contribution >= 4 is 17.6 Å². The lowest BCUT2D eigenvalue weighted by molar-refractivity contribution is 0.0516. The summed E-state index contributed by atoms with van der Waals surface area (Å²) in [5.41, 5.74) is 2.93. The van der Waals surface area contributed by atoms with Gasteiger partial charge in [0.2, 0.25) is 0 Å². The number of amides is 1. The van der Waals surface area contributed by atoms with E-state index in [0.717, 1.165) is 5.69 Å². The molecule has 23 heavy (non-hydrogen) atoms. The van der Waals surface area contributed by atoms with Crippen LogP contribution in [0.1, 0.15) is 33.5 Å². The molecule has 1 aromatic carbocycles. The molecule has 2 heterocycles. The SMILES string of the molecule is CCOC(=O)c1ncn2c1CN(C)C(=O)c1cccc(NC)c1-2. The van der Waals surface area contributed by atoms with Crippen LogP contribution < -0.4 is 5.32 Å². The van der Waals surface area contributed by atoms with Crippen LogP contribution in [0.3, 0.4) is 0 Å². The van der Waals surface area contributed by atoms with Gasteiger partial charge in [0, 0.05) is 14.1 Å². The van der Waals surface area contributed by atoms with Crippen LogP contribution in [-0.4, -0.2) is 47.0 Å². The molecule has 0 saturated heterocycles. The van der Waals surface area contributed by atoms with E-state index in [4.69, 9.17) is 4.74 Å². The lowest BCUT2D eigenvalue weighted by Gasteiger charge is -2.15. The van der Waals surface area contributed by atoms with Crippen LogP contribution in [0.5, 0.6) is 0 Å². The molecule has 2 aromatic rings. The van der Waals surface area contributed by atoms with Crippen LogP contribution >= 0.6 is 0 Å². The first-order valence-corrected chi connectivity index (χ1v) is 7.38. The summed E-state index contributed by atoms with van der Waals surface area (Å²) in [5, 5.41) is 3.09. The minimum atomic E-state index is -0.479. The first-order chi connectivity index (χ1) is 11.1. The average Bonchev–Trinajstić information content (AvgIpc) is 2.92. The Morgan fingerprint density at radius 2 is 2.22 bits per heavy atom. The lowest BCUT2D eigenvalue weighted by Crippen LogP contribution is -2.26. The molecule has 1 aromatic heterocycles. The molecule has 0 bridgehead atoms. The van der Waals surface area contributed by atoms with Crippen LogP contribution in [0.15, 0.2) is 24.5 Å². The van der Waals surface area contributed by atoms with Crippen molar-refractivity contribution in [1.82, 2.24) is 14.5 Å². The molecular weight excluding hydrogens is 296 g/mol. The van der Waals surface area contributed by atoms with E-state index in [2.05, 4.69) is 10.3 Å². The molecule has 7 heteroatoms. The number of anilines is 1. The van der Waals surface area contributed by atoms with Crippen LogP contribution in [0, 0.1) is 0 Å². The predicted molar refractivity (Wildman–Crippen MR) is 84.9 cm³/mol. The molecule has 0 unspecified atom stereocenters. The Kier molecular flexibility index (Phi) is 3.77. The monoisotopic (exact) mass is 314 g/mol. The molecule has 0 aliphatic carbocycles. The lowest BCUT2D eigenvalue weighted by atomic mass is 10.1. The van der Waals surface area contributed by atoms with E-state index in [1.165, 1.54) is 0 Å². The van der Waals surface area contributed by atoms with Gasteiger partial charge in [-0.3, -0.25) is 9.36 Å². The fraction of sp³-hybridized carbons (Fsp3) is 0.312. The van der Waals surface area contributed by atoms with Gasteiger partial charge in [-0.15, -0.1) is 0 Å². The maximum absolute atomic E-state index is 12.6. The Balaban J connectivity index is 2.25. The van der Waals surface area contributed by atoms with Crippen LogP contribution in [0.25, 0.3) is 5.69 Å². The molecule has 0 radical (unpaired) electrons. The molecule has 3 rings (SSSR count). The van der Waals surface area contributed by atoms with Crippen molar-refractivity contribution in [2.24, 2.45) is 0 Å². The third kappa shape index (κ3) is 2.34. The predicted octanol–water partition coefficient (Wildman–Crippen LogP) is 1.68. The summed E-state index contributed by atoms with van der Waals surface area (Å²) in [4.78, 5) is 30.5. The number of carbonyl (C=O) groups is 2. The number of benzene rings is 1. The smallest absolute Gasteiger partial charge is 0.358 e. The molecule has 0 atom stereocenters. The van der Waals surface area contributed by atoms with Gasteiger partial charge in [0.1, 0.15) is 6.33 Å². The van der Waals surface area contributed by atoms with Crippen molar-refractivity contribution in [3.63, 3.8) is 0 Å². The van der Waals surface area contributed by atoms with Crippen molar-refractivity contribution in [3.8, 4) is 5.69 Å². The number of aromatic nitrogens is 2. The summed E-state index contributed by atoms with van der Waals surface area (Å²) in [7, 11) is 3.49. The highest BCUT2D eigenvalue weighted by atomic mass is 16.5. The van der Waals surface area contributed by atoms with Gasteiger partial charge in [0.05, 0.1) is 35.8 Å². The zero-order valence-electron chi connectivity index (χ0n) is 13.3. The second-order valence-corrected chi connectivity index (χ2v) is 5.24. The van der Waals surface area contributed by atoms with Crippen molar-refractivity contribution in [1.29, 1.82) is 0 Å². The Hall–Kier alpha value is -2.83. The first kappa shape index (κ1) is 15.1. The number of imidazole rings is 1. The number of carbonyl (C=O) groups excluding carboxylic acids is 2. The summed E-state index contributed by atoms with van der Waals surface area (Å²) >= 11 is 0. The van der Waals surface area contributed by atoms with E-state index in [9.17, 15) is 9.59 Å². The number of para-hydroxylation sites is 1. The third-order valence-corrected chi connectivity index (χ3v) is 3.85. The van der Waals surface area contributed by atoms with E-state index >= 15 is 0 Å². The van der Waals surface area contributed by atoms with E-state index < -0.39 is 5.97 Å². The van der Waals surface area contributed by atoms with E-state index in [1.54, 1.807) is 42.9 Å². The molecule has 0 fully saturated rings. The van der Waals surface area contributed by atoms with Crippen molar-refractivity contribution in [3.05, 3.63) is 41.5 Å². The topological polar surface area (TPSA) is 76.5 Å². The molecular formula is C16H18N4O3. The zero-order valence-corrected chi connectivity index (χ0v) is 13.3. The molecule has 1 amide bonds. The summed E-state index contributed by atoms with van der Waals surface area (Å²) in [6, 6.07) is 5.48. The van der Waals surface area contributed by atoms with Gasteiger partial charge in [-0.1, -0.05) is 6.07 Å². The second kappa shape index (κ2) is 5.75. The van der Waals surface area contributed by atoms with Crippen LogP contribution in [0.4, 0.5) is 5.69 Å². The Labute approximate surface area is 133 Å². The van der Waals surface area contributed by atoms with E-state index in [-0.39, 0.29) is 24.8 Å². The van der Waals surface area contributed by atoms with Gasteiger partial charge < -0.3 is 15.0 Å². The summed E-state index contributed by atoms with van der Waals surface area (Å²) < 4.78 is 6.85. The summed E-state index contributed by atoms with van der Waals surface area (Å²) in [5.74, 6) is -0.580. The fourth-order valence-electron chi connectivity index (χ4n) is 2.77. The van der Waals surface area contributed by atoms with E-state index in [1.807, 2.05) is 12.1 Å². The number of nitrogens with zero attached hydrogens (tertiary/aromatic N) is 3. The number of fused-ring (bicyclic) bond motifs is 3. The largest absolute Gasteiger partial charge is 0.461 e. The van der Waals surface area contributed by atoms with Crippen molar-refractivity contribution in [2.75, 3.05) is 26.0 Å². The highest BCUT2D eigenvalue weighted by molar-refractivity contribution is 6.01. The number of hydrogen-bond acceptors (Lipinski definition) is 5. The molecule has 1 aliphatic rings. The quantitative estimate of drug-likeness (QED) is 0.872. The highest BCUT2D eigenvalue weighted by Crippen LogP contribution is 2.31. The molecule has 1 aliphatic heterocycles. The molecule has 0 spiro atoms. The average molecular weight is 314 g/mol. The number of nitrogens with one attached hydrogen (secondary N) is 1. The Morgan fingerprint density at radius 1 is 1.43 bits per heavy atom. The number of esters is 1. The number of hydrogen-bond donors (Lipinski definition) is 1. The van der Waals surface area contributed by atoms with Gasteiger partial charge in [0.25, 0.3) is 5.91 Å². The van der Waals surface area contributed by atoms with Crippen molar-refractivity contribution < 1.29 is 14.3 Å². The molecule has 120 valence electrons. The van der Waals surface area contributed by atoms with Gasteiger partial charge in [-0.25, -0.2) is 9.78 Å². The van der Waals surface area contributed by atoms with Gasteiger partial charge in [-0.2, -0.15) is 0 Å². The number of ether oxygens (including phenoxy) is 1. The molecule has 0 saturated carbocycles. The van der Waals surface area contributed by atoms with Crippen molar-refractivity contribution in [2.45, 2.75) is 13.5 Å². The summed E-state index contributed by atoms with van der Waals surface area (Å²) in [6.45, 7) is 2.31. The third-order valence-electron chi connectivity index (χ3n) is 3.85. The number of rotatable bonds is 3. The maximum atomic E-state index is 12.6. The fourth-order valence-corrected chi connectivity index (χ4v) is 2.77. The van der Waals surface area contributed by atoms with Gasteiger partial charge in [-0.05, 0) is 19.1 Å². The normalized spacial score (nSPS) is 13.2. The maximum Gasteiger partial charge on any atom is 0.358 e. The first-order valence-electron chi connectivity index (χ1n) is 7.38. The standard InChI is InChI=1S/C16H18N4O3/c1-4-23-16(22)13-12-8-19(3)15(21)10-6-5-7-11(17-2)14(10)20(12)9-18-13/h5-7,9,17H,4,8H2,1-3H3. The Morgan fingerprint density at radius 3 is 2.91 bits per heavy atom. The summed E-state index contributed by atoms with van der Waals surface area (Å²) in [6.07, 6.45) is 1.56. The highest BCUT2D eigenvalue weighted by Gasteiger charge is 2.30. The Bertz CT molecular complexity index is 782. The van der Waals surface area contributed by atoms with Gasteiger partial charge in [0.15, 0.2) is 5.69 Å². The minimum Gasteiger partial charge on any atom is -0.461 e. The van der Waals surface area contributed by atoms with Crippen LogP contribution in [-0.2, 0) is 11.3 Å². The molecule has 1 N–H and O–H groups in total. The second-order valence-electron chi connectivity index (χ2n) is 5.24.